The van der Waals surface area contributed by atoms with Gasteiger partial charge in [-0.15, -0.1) is 10.2 Å². The highest BCUT2D eigenvalue weighted by molar-refractivity contribution is 7.15. The largest absolute Gasteiger partial charge is 0.506 e. The lowest BCUT2D eigenvalue weighted by Crippen LogP contribution is -2.11. The van der Waals surface area contributed by atoms with E-state index in [1.807, 2.05) is 0 Å². The van der Waals surface area contributed by atoms with Gasteiger partial charge in [-0.2, -0.15) is 0 Å². The van der Waals surface area contributed by atoms with Crippen LogP contribution >= 0.6 is 46.1 Å². The van der Waals surface area contributed by atoms with E-state index in [1.165, 1.54) is 6.07 Å². The van der Waals surface area contributed by atoms with Crippen LogP contribution in [0.25, 0.3) is 11.1 Å². The lowest BCUT2D eigenvalue weighted by atomic mass is 10.2. The summed E-state index contributed by atoms with van der Waals surface area (Å²) in [5.41, 5.74) is 1.27. The highest BCUT2D eigenvalue weighted by Crippen LogP contribution is 2.29. The van der Waals surface area contributed by atoms with Gasteiger partial charge in [0.2, 0.25) is 5.01 Å². The minimum absolute atomic E-state index is 0.0167. The molecule has 0 atom stereocenters. The maximum Gasteiger partial charge on any atom is 0.286 e. The standard InChI is InChI=1S/C17H10Cl3N3O2S/c18-10-2-4-11(5-3-10)21-15(25)17-23-22-16(26-17)13(20)8-9-1-6-14(24)12(19)7-9/h1-8,24H,(H,21,25)/b13-8+. The van der Waals surface area contributed by atoms with Gasteiger partial charge in [-0.3, -0.25) is 4.79 Å². The van der Waals surface area contributed by atoms with Crippen LogP contribution in [-0.2, 0) is 0 Å². The Hall–Kier alpha value is -2.12. The van der Waals surface area contributed by atoms with Gasteiger partial charge in [-0.05, 0) is 48.0 Å². The molecule has 26 heavy (non-hydrogen) atoms. The molecule has 132 valence electrons. The molecule has 2 N–H and O–H groups in total. The summed E-state index contributed by atoms with van der Waals surface area (Å²) >= 11 is 19.0. The van der Waals surface area contributed by atoms with Crippen LogP contribution in [0.15, 0.2) is 42.5 Å². The maximum absolute atomic E-state index is 12.2. The zero-order chi connectivity index (χ0) is 18.7. The number of hydrogen-bond acceptors (Lipinski definition) is 5. The molecule has 5 nitrogen and oxygen atoms in total. The van der Waals surface area contributed by atoms with Gasteiger partial charge < -0.3 is 10.4 Å². The third-order valence-corrected chi connectivity index (χ3v) is 5.10. The summed E-state index contributed by atoms with van der Waals surface area (Å²) in [4.78, 5) is 12.2. The van der Waals surface area contributed by atoms with Crippen LogP contribution in [0.3, 0.4) is 0 Å². The Morgan fingerprint density at radius 3 is 2.46 bits per heavy atom. The molecule has 1 aromatic heterocycles. The van der Waals surface area contributed by atoms with Crippen molar-refractivity contribution in [3.8, 4) is 5.75 Å². The van der Waals surface area contributed by atoms with E-state index in [9.17, 15) is 9.90 Å². The zero-order valence-corrected chi connectivity index (χ0v) is 16.0. The number of halogens is 3. The second kappa shape index (κ2) is 8.05. The van der Waals surface area contributed by atoms with E-state index in [0.717, 1.165) is 11.3 Å². The van der Waals surface area contributed by atoms with Crippen molar-refractivity contribution in [2.75, 3.05) is 5.32 Å². The topological polar surface area (TPSA) is 75.1 Å². The van der Waals surface area contributed by atoms with E-state index < -0.39 is 5.91 Å². The number of carbonyl (C=O) groups is 1. The Bertz CT molecular complexity index is 987. The lowest BCUT2D eigenvalue weighted by Gasteiger charge is -2.01. The van der Waals surface area contributed by atoms with Crippen molar-refractivity contribution in [3.05, 3.63) is 68.1 Å². The number of hydrogen-bond donors (Lipinski definition) is 2. The number of nitrogens with one attached hydrogen (secondary N) is 1. The first-order valence-corrected chi connectivity index (χ1v) is 9.14. The second-order valence-electron chi connectivity index (χ2n) is 5.08. The van der Waals surface area contributed by atoms with Gasteiger partial charge in [0.1, 0.15) is 5.75 Å². The Morgan fingerprint density at radius 1 is 1.08 bits per heavy atom. The molecular formula is C17H10Cl3N3O2S. The second-order valence-corrected chi connectivity index (χ2v) is 7.30. The van der Waals surface area contributed by atoms with E-state index in [2.05, 4.69) is 15.5 Å². The van der Waals surface area contributed by atoms with Crippen molar-refractivity contribution in [2.24, 2.45) is 0 Å². The molecule has 1 heterocycles. The summed E-state index contributed by atoms with van der Waals surface area (Å²) in [7, 11) is 0. The van der Waals surface area contributed by atoms with Gasteiger partial charge in [0, 0.05) is 10.7 Å². The molecule has 0 fully saturated rings. The highest BCUT2D eigenvalue weighted by Gasteiger charge is 2.15. The molecular weight excluding hydrogens is 417 g/mol. The van der Waals surface area contributed by atoms with Crippen LogP contribution in [-0.4, -0.2) is 21.2 Å². The van der Waals surface area contributed by atoms with E-state index in [4.69, 9.17) is 34.8 Å². The summed E-state index contributed by atoms with van der Waals surface area (Å²) in [6.45, 7) is 0. The Morgan fingerprint density at radius 2 is 1.77 bits per heavy atom. The number of aromatic hydroxyl groups is 1. The van der Waals surface area contributed by atoms with E-state index >= 15 is 0 Å². The fraction of sp³-hybridized carbons (Fsp3) is 0. The SMILES string of the molecule is O=C(Nc1ccc(Cl)cc1)c1nnc(/C(Cl)=C\c2ccc(O)c(Cl)c2)s1. The molecule has 0 bridgehead atoms. The highest BCUT2D eigenvalue weighted by atomic mass is 35.5. The zero-order valence-electron chi connectivity index (χ0n) is 12.9. The van der Waals surface area contributed by atoms with Crippen molar-refractivity contribution in [1.82, 2.24) is 10.2 Å². The molecule has 0 aliphatic carbocycles. The number of nitrogens with zero attached hydrogens (tertiary/aromatic N) is 2. The number of aromatic nitrogens is 2. The van der Waals surface area contributed by atoms with E-state index in [0.29, 0.717) is 26.3 Å². The molecule has 0 saturated carbocycles. The van der Waals surface area contributed by atoms with Crippen molar-refractivity contribution in [2.45, 2.75) is 0 Å². The first-order chi connectivity index (χ1) is 12.4. The molecule has 1 amide bonds. The predicted molar refractivity (Wildman–Crippen MR) is 106 cm³/mol. The van der Waals surface area contributed by atoms with E-state index in [-0.39, 0.29) is 15.8 Å². The number of amides is 1. The molecule has 0 unspecified atom stereocenters. The molecule has 0 saturated heterocycles. The molecule has 9 heteroatoms. The average molecular weight is 427 g/mol. The molecule has 3 rings (SSSR count). The van der Waals surface area contributed by atoms with Crippen molar-refractivity contribution >= 4 is 68.8 Å². The number of rotatable bonds is 4. The van der Waals surface area contributed by atoms with E-state index in [1.54, 1.807) is 42.5 Å². The fourth-order valence-corrected chi connectivity index (χ4v) is 3.19. The number of phenols is 1. The first kappa shape index (κ1) is 18.7. The van der Waals surface area contributed by atoms with Gasteiger partial charge in [-0.25, -0.2) is 0 Å². The predicted octanol–water partition coefficient (Wildman–Crippen LogP) is 5.54. The lowest BCUT2D eigenvalue weighted by molar-refractivity contribution is 0.102. The molecule has 0 aliphatic heterocycles. The first-order valence-electron chi connectivity index (χ1n) is 7.19. The van der Waals surface area contributed by atoms with Gasteiger partial charge in [-0.1, -0.05) is 52.2 Å². The third-order valence-electron chi connectivity index (χ3n) is 3.19. The van der Waals surface area contributed by atoms with Crippen LogP contribution < -0.4 is 5.32 Å². The maximum atomic E-state index is 12.2. The summed E-state index contributed by atoms with van der Waals surface area (Å²) in [5.74, 6) is -0.412. The van der Waals surface area contributed by atoms with Crippen LogP contribution in [0.2, 0.25) is 10.0 Å². The van der Waals surface area contributed by atoms with Crippen molar-refractivity contribution < 1.29 is 9.90 Å². The van der Waals surface area contributed by atoms with Gasteiger partial charge >= 0.3 is 0 Å². The van der Waals surface area contributed by atoms with Crippen LogP contribution in [0.4, 0.5) is 5.69 Å². The number of phenolic OH excluding ortho intramolecular Hbond substituents is 1. The van der Waals surface area contributed by atoms with Gasteiger partial charge in [0.05, 0.1) is 10.1 Å². The van der Waals surface area contributed by atoms with Gasteiger partial charge in [0.15, 0.2) is 5.01 Å². The molecule has 0 radical (unpaired) electrons. The van der Waals surface area contributed by atoms with Crippen molar-refractivity contribution in [3.63, 3.8) is 0 Å². The van der Waals surface area contributed by atoms with Crippen molar-refractivity contribution in [1.29, 1.82) is 0 Å². The Kier molecular flexibility index (Phi) is 5.78. The Labute approximate surface area is 167 Å². The summed E-state index contributed by atoms with van der Waals surface area (Å²) in [6.07, 6.45) is 1.62. The smallest absolute Gasteiger partial charge is 0.286 e. The third kappa shape index (κ3) is 4.53. The minimum Gasteiger partial charge on any atom is -0.506 e. The number of carbonyl (C=O) groups excluding carboxylic acids is 1. The summed E-state index contributed by atoms with van der Waals surface area (Å²) < 4.78 is 0. The summed E-state index contributed by atoms with van der Waals surface area (Å²) in [6, 6.07) is 11.4. The average Bonchev–Trinajstić information content (AvgIpc) is 3.10. The monoisotopic (exact) mass is 425 g/mol. The molecule has 0 aliphatic rings. The van der Waals surface area contributed by atoms with Crippen LogP contribution in [0, 0.1) is 0 Å². The molecule has 0 spiro atoms. The van der Waals surface area contributed by atoms with Crippen LogP contribution in [0.1, 0.15) is 20.4 Å². The summed E-state index contributed by atoms with van der Waals surface area (Å²) in [5, 5.41) is 21.6. The molecule has 3 aromatic rings. The Balaban J connectivity index is 1.75. The normalized spacial score (nSPS) is 11.4. The number of anilines is 1. The minimum atomic E-state index is -0.395. The quantitative estimate of drug-likeness (QED) is 0.574. The van der Waals surface area contributed by atoms with Gasteiger partial charge in [0.25, 0.3) is 5.91 Å². The van der Waals surface area contributed by atoms with Crippen LogP contribution in [0.5, 0.6) is 5.75 Å². The number of benzene rings is 2. The molecule has 2 aromatic carbocycles. The fourth-order valence-electron chi connectivity index (χ4n) is 1.95.